The molecule has 28 heavy (non-hydrogen) atoms. The van der Waals surface area contributed by atoms with Crippen molar-refractivity contribution in [2.24, 2.45) is 0 Å². The Kier molecular flexibility index (Phi) is 5.40. The Morgan fingerprint density at radius 3 is 1.82 bits per heavy atom. The van der Waals surface area contributed by atoms with Crippen molar-refractivity contribution < 1.29 is 23.7 Å². The van der Waals surface area contributed by atoms with Crippen LogP contribution in [-0.4, -0.2) is 44.4 Å². The van der Waals surface area contributed by atoms with Gasteiger partial charge >= 0.3 is 0 Å². The fourth-order valence-electron chi connectivity index (χ4n) is 3.06. The third kappa shape index (κ3) is 4.93. The van der Waals surface area contributed by atoms with Gasteiger partial charge in [-0.15, -0.1) is 0 Å². The van der Waals surface area contributed by atoms with Crippen LogP contribution in [0.25, 0.3) is 5.57 Å². The van der Waals surface area contributed by atoms with Crippen molar-refractivity contribution >= 4 is 5.57 Å². The van der Waals surface area contributed by atoms with E-state index >= 15 is 0 Å². The molecule has 5 heteroatoms. The van der Waals surface area contributed by atoms with Crippen LogP contribution in [0.15, 0.2) is 55.1 Å². The first kappa shape index (κ1) is 19.0. The molecule has 2 heterocycles. The van der Waals surface area contributed by atoms with Crippen LogP contribution >= 0.6 is 0 Å². The quantitative estimate of drug-likeness (QED) is 0.645. The lowest BCUT2D eigenvalue weighted by Gasteiger charge is -2.17. The predicted molar refractivity (Wildman–Crippen MR) is 107 cm³/mol. The molecule has 0 N–H and O–H groups in total. The monoisotopic (exact) mass is 382 g/mol. The summed E-state index contributed by atoms with van der Waals surface area (Å²) in [5, 5.41) is 0. The highest BCUT2D eigenvalue weighted by atomic mass is 16.7. The Hall–Kier alpha value is -2.34. The zero-order valence-corrected chi connectivity index (χ0v) is 16.4. The first-order chi connectivity index (χ1) is 13.5. The molecular weight excluding hydrogens is 356 g/mol. The third-order valence-electron chi connectivity index (χ3n) is 4.75. The minimum absolute atomic E-state index is 0.0446. The molecule has 4 rings (SSSR count). The average molecular weight is 382 g/mol. The van der Waals surface area contributed by atoms with Crippen molar-refractivity contribution in [3.05, 3.63) is 66.2 Å². The molecule has 0 radical (unpaired) electrons. The van der Waals surface area contributed by atoms with E-state index in [1.54, 1.807) is 0 Å². The maximum absolute atomic E-state index is 5.83. The third-order valence-corrected chi connectivity index (χ3v) is 4.75. The maximum atomic E-state index is 5.83. The summed E-state index contributed by atoms with van der Waals surface area (Å²) in [7, 11) is 0. The van der Waals surface area contributed by atoms with Crippen LogP contribution in [0.4, 0.5) is 0 Å². The van der Waals surface area contributed by atoms with Crippen molar-refractivity contribution in [2.45, 2.75) is 31.8 Å². The zero-order valence-electron chi connectivity index (χ0n) is 16.4. The lowest BCUT2D eigenvalue weighted by molar-refractivity contribution is -0.141. The first-order valence-corrected chi connectivity index (χ1v) is 9.57. The second kappa shape index (κ2) is 7.95. The Balaban J connectivity index is 1.30. The Morgan fingerprint density at radius 1 is 0.893 bits per heavy atom. The largest absolute Gasteiger partial charge is 0.491 e. The highest BCUT2D eigenvalue weighted by Crippen LogP contribution is 2.27. The Labute approximate surface area is 165 Å². The summed E-state index contributed by atoms with van der Waals surface area (Å²) >= 11 is 0. The van der Waals surface area contributed by atoms with Gasteiger partial charge in [-0.25, -0.2) is 0 Å². The molecule has 2 aliphatic heterocycles. The normalized spacial score (nSPS) is 22.6. The van der Waals surface area contributed by atoms with Gasteiger partial charge in [-0.3, -0.25) is 0 Å². The van der Waals surface area contributed by atoms with Gasteiger partial charge in [-0.1, -0.05) is 30.8 Å². The van der Waals surface area contributed by atoms with Crippen molar-refractivity contribution in [3.8, 4) is 11.5 Å². The summed E-state index contributed by atoms with van der Waals surface area (Å²) in [4.78, 5) is 0. The summed E-state index contributed by atoms with van der Waals surface area (Å²) < 4.78 is 28.0. The van der Waals surface area contributed by atoms with Gasteiger partial charge in [0.2, 0.25) is 0 Å². The van der Waals surface area contributed by atoms with E-state index < -0.39 is 5.79 Å². The second-order valence-corrected chi connectivity index (χ2v) is 7.56. The first-order valence-electron chi connectivity index (χ1n) is 9.57. The molecule has 148 valence electrons. The van der Waals surface area contributed by atoms with Crippen molar-refractivity contribution in [2.75, 3.05) is 26.4 Å². The molecule has 2 aromatic rings. The lowest BCUT2D eigenvalue weighted by Crippen LogP contribution is -2.25. The fraction of sp³-hybridized carbons (Fsp3) is 0.391. The van der Waals surface area contributed by atoms with E-state index in [0.29, 0.717) is 19.8 Å². The highest BCUT2D eigenvalue weighted by Gasteiger charge is 2.32. The molecule has 0 aromatic heterocycles. The SMILES string of the molecule is C=C(c1ccc(OCC2CO2)cc1)c1ccc(OCC2COC(C)(C)O2)cc1. The molecule has 0 amide bonds. The van der Waals surface area contributed by atoms with E-state index in [4.69, 9.17) is 23.7 Å². The summed E-state index contributed by atoms with van der Waals surface area (Å²) in [6.07, 6.45) is 0.214. The average Bonchev–Trinajstić information content (AvgIpc) is 3.47. The Bertz CT molecular complexity index is 806. The molecule has 0 aliphatic carbocycles. The van der Waals surface area contributed by atoms with Crippen molar-refractivity contribution in [1.82, 2.24) is 0 Å². The van der Waals surface area contributed by atoms with Crippen LogP contribution in [0.1, 0.15) is 25.0 Å². The second-order valence-electron chi connectivity index (χ2n) is 7.56. The van der Waals surface area contributed by atoms with Gasteiger partial charge in [0.25, 0.3) is 0 Å². The van der Waals surface area contributed by atoms with E-state index in [1.807, 2.05) is 62.4 Å². The van der Waals surface area contributed by atoms with Gasteiger partial charge in [-0.05, 0) is 54.8 Å². The molecule has 2 aromatic carbocycles. The molecule has 2 saturated heterocycles. The molecule has 5 nitrogen and oxygen atoms in total. The number of ether oxygens (including phenoxy) is 5. The standard InChI is InChI=1S/C23H26O5/c1-16(17-4-8-19(9-5-17)24-12-21-13-26-21)18-6-10-20(11-7-18)25-14-22-15-27-23(2,3)28-22/h4-11,21-22H,1,12-15H2,2-3H3. The van der Waals surface area contributed by atoms with Crippen LogP contribution < -0.4 is 9.47 Å². The van der Waals surface area contributed by atoms with E-state index in [1.165, 1.54) is 0 Å². The van der Waals surface area contributed by atoms with Crippen LogP contribution in [0.5, 0.6) is 11.5 Å². The zero-order chi connectivity index (χ0) is 19.6. The summed E-state index contributed by atoms with van der Waals surface area (Å²) in [5.41, 5.74) is 3.06. The molecule has 0 bridgehead atoms. The summed E-state index contributed by atoms with van der Waals surface area (Å²) in [5.74, 6) is 1.12. The number of hydrogen-bond donors (Lipinski definition) is 0. The van der Waals surface area contributed by atoms with E-state index in [2.05, 4.69) is 6.58 Å². The minimum atomic E-state index is -0.526. The summed E-state index contributed by atoms with van der Waals surface area (Å²) in [6.45, 7) is 10.5. The van der Waals surface area contributed by atoms with Crippen molar-refractivity contribution in [1.29, 1.82) is 0 Å². The number of rotatable bonds is 8. The number of hydrogen-bond acceptors (Lipinski definition) is 5. The highest BCUT2D eigenvalue weighted by molar-refractivity contribution is 5.78. The van der Waals surface area contributed by atoms with Gasteiger partial charge < -0.3 is 23.7 Å². The van der Waals surface area contributed by atoms with Crippen molar-refractivity contribution in [3.63, 3.8) is 0 Å². The predicted octanol–water partition coefficient (Wildman–Crippen LogP) is 4.06. The molecule has 2 fully saturated rings. The fourth-order valence-corrected chi connectivity index (χ4v) is 3.06. The minimum Gasteiger partial charge on any atom is -0.491 e. The van der Waals surface area contributed by atoms with Gasteiger partial charge in [-0.2, -0.15) is 0 Å². The van der Waals surface area contributed by atoms with Crippen LogP contribution in [0.3, 0.4) is 0 Å². The smallest absolute Gasteiger partial charge is 0.163 e. The van der Waals surface area contributed by atoms with Crippen LogP contribution in [-0.2, 0) is 14.2 Å². The Morgan fingerprint density at radius 2 is 1.39 bits per heavy atom. The maximum Gasteiger partial charge on any atom is 0.163 e. The van der Waals surface area contributed by atoms with E-state index in [-0.39, 0.29) is 12.2 Å². The molecule has 2 atom stereocenters. The van der Waals surface area contributed by atoms with E-state index in [0.717, 1.165) is 34.8 Å². The van der Waals surface area contributed by atoms with Gasteiger partial charge in [0.05, 0.1) is 13.2 Å². The van der Waals surface area contributed by atoms with Gasteiger partial charge in [0.15, 0.2) is 5.79 Å². The van der Waals surface area contributed by atoms with Gasteiger partial charge in [0, 0.05) is 0 Å². The molecule has 2 unspecified atom stereocenters. The number of benzene rings is 2. The summed E-state index contributed by atoms with van der Waals surface area (Å²) in [6, 6.07) is 15.9. The lowest BCUT2D eigenvalue weighted by atomic mass is 9.99. The molecule has 2 aliphatic rings. The molecular formula is C23H26O5. The van der Waals surface area contributed by atoms with Crippen LogP contribution in [0.2, 0.25) is 0 Å². The molecule has 0 saturated carbocycles. The molecule has 0 spiro atoms. The topological polar surface area (TPSA) is 49.5 Å². The van der Waals surface area contributed by atoms with E-state index in [9.17, 15) is 0 Å². The van der Waals surface area contributed by atoms with Crippen LogP contribution in [0, 0.1) is 0 Å². The van der Waals surface area contributed by atoms with Gasteiger partial charge in [0.1, 0.15) is 36.9 Å². The number of epoxide rings is 1.